The zero-order chi connectivity index (χ0) is 18.2. The van der Waals surface area contributed by atoms with Crippen LogP contribution in [0.5, 0.6) is 0 Å². The normalized spacial score (nSPS) is 10.6. The monoisotopic (exact) mass is 344 g/mol. The molecular weight excluding hydrogens is 320 g/mol. The molecule has 0 radical (unpaired) electrons. The first-order valence-corrected chi connectivity index (χ1v) is 8.11. The molecule has 1 heterocycles. The van der Waals surface area contributed by atoms with Crippen LogP contribution in [-0.4, -0.2) is 61.4 Å². The summed E-state index contributed by atoms with van der Waals surface area (Å²) in [6, 6.07) is 7.16. The highest BCUT2D eigenvalue weighted by Gasteiger charge is 2.09. The molecule has 7 nitrogen and oxygen atoms in total. The van der Waals surface area contributed by atoms with E-state index >= 15 is 0 Å². The van der Waals surface area contributed by atoms with Crippen molar-refractivity contribution >= 4 is 11.7 Å². The Morgan fingerprint density at radius 3 is 2.60 bits per heavy atom. The highest BCUT2D eigenvalue weighted by molar-refractivity contribution is 5.94. The largest absolute Gasteiger partial charge is 0.394 e. The number of nitrogens with one attached hydrogen (secondary N) is 1. The Labute approximate surface area is 147 Å². The first kappa shape index (κ1) is 18.8. The first-order chi connectivity index (χ1) is 12.0. The van der Waals surface area contributed by atoms with Crippen molar-refractivity contribution in [2.45, 2.75) is 6.92 Å². The maximum atomic E-state index is 12.1. The Balaban J connectivity index is 2.02. The zero-order valence-corrected chi connectivity index (χ0v) is 14.8. The second kappa shape index (κ2) is 9.10. The molecule has 7 heteroatoms. The summed E-state index contributed by atoms with van der Waals surface area (Å²) >= 11 is 0. The van der Waals surface area contributed by atoms with Gasteiger partial charge in [0, 0.05) is 43.5 Å². The van der Waals surface area contributed by atoms with Gasteiger partial charge in [0.25, 0.3) is 5.91 Å². The number of amides is 1. The maximum absolute atomic E-state index is 12.1. The summed E-state index contributed by atoms with van der Waals surface area (Å²) in [5.74, 6) is 1.33. The topological polar surface area (TPSA) is 87.6 Å². The summed E-state index contributed by atoms with van der Waals surface area (Å²) in [6.07, 6.45) is 1.80. The lowest BCUT2D eigenvalue weighted by Crippen LogP contribution is -2.27. The van der Waals surface area contributed by atoms with Gasteiger partial charge in [-0.15, -0.1) is 0 Å². The number of aliphatic hydroxyl groups excluding tert-OH is 1. The van der Waals surface area contributed by atoms with Crippen LogP contribution in [0.25, 0.3) is 11.4 Å². The molecule has 0 aliphatic carbocycles. The van der Waals surface area contributed by atoms with Gasteiger partial charge in [-0.2, -0.15) is 0 Å². The molecule has 2 aromatic rings. The molecule has 0 spiro atoms. The molecule has 25 heavy (non-hydrogen) atoms. The molecule has 0 fully saturated rings. The fraction of sp³-hybridized carbons (Fsp3) is 0.389. The van der Waals surface area contributed by atoms with E-state index in [1.165, 1.54) is 0 Å². The van der Waals surface area contributed by atoms with Gasteiger partial charge in [-0.25, -0.2) is 9.97 Å². The summed E-state index contributed by atoms with van der Waals surface area (Å²) in [5, 5.41) is 11.4. The highest BCUT2D eigenvalue weighted by atomic mass is 16.5. The predicted octanol–water partition coefficient (Wildman–Crippen LogP) is 1.26. The first-order valence-electron chi connectivity index (χ1n) is 8.11. The molecule has 0 aliphatic heterocycles. The van der Waals surface area contributed by atoms with Crippen LogP contribution < -0.4 is 10.2 Å². The molecule has 0 atom stereocenters. The lowest BCUT2D eigenvalue weighted by atomic mass is 10.1. The maximum Gasteiger partial charge on any atom is 0.251 e. The van der Waals surface area contributed by atoms with Gasteiger partial charge < -0.3 is 20.1 Å². The van der Waals surface area contributed by atoms with Crippen LogP contribution in [0, 0.1) is 6.92 Å². The van der Waals surface area contributed by atoms with Crippen LogP contribution >= 0.6 is 0 Å². The number of anilines is 1. The Hall–Kier alpha value is -2.51. The van der Waals surface area contributed by atoms with E-state index in [9.17, 15) is 4.79 Å². The summed E-state index contributed by atoms with van der Waals surface area (Å²) in [5.41, 5.74) is 2.42. The Morgan fingerprint density at radius 1 is 1.24 bits per heavy atom. The Bertz CT molecular complexity index is 702. The molecule has 2 rings (SSSR count). The van der Waals surface area contributed by atoms with Crippen molar-refractivity contribution in [3.8, 4) is 11.4 Å². The molecule has 0 saturated carbocycles. The van der Waals surface area contributed by atoms with Gasteiger partial charge in [-0.3, -0.25) is 4.79 Å². The SMILES string of the molecule is Cc1cnc(-c2ccc(C(=O)NCCOCCO)cc2)nc1N(C)C. The third-order valence-electron chi connectivity index (χ3n) is 3.54. The third-order valence-corrected chi connectivity index (χ3v) is 3.54. The fourth-order valence-corrected chi connectivity index (χ4v) is 2.30. The minimum atomic E-state index is -0.169. The Morgan fingerprint density at radius 2 is 1.96 bits per heavy atom. The number of carbonyl (C=O) groups excluding carboxylic acids is 1. The van der Waals surface area contributed by atoms with Crippen LogP contribution in [-0.2, 0) is 4.74 Å². The van der Waals surface area contributed by atoms with Gasteiger partial charge in [0.15, 0.2) is 5.82 Å². The van der Waals surface area contributed by atoms with Crippen LogP contribution in [0.3, 0.4) is 0 Å². The quantitative estimate of drug-likeness (QED) is 0.701. The number of rotatable bonds is 8. The number of nitrogens with zero attached hydrogens (tertiary/aromatic N) is 3. The number of aromatic nitrogens is 2. The zero-order valence-electron chi connectivity index (χ0n) is 14.8. The number of carbonyl (C=O) groups is 1. The third kappa shape index (κ3) is 5.23. The van der Waals surface area contributed by atoms with Gasteiger partial charge in [-0.1, -0.05) is 12.1 Å². The number of benzene rings is 1. The van der Waals surface area contributed by atoms with E-state index in [1.807, 2.05) is 38.1 Å². The second-order valence-corrected chi connectivity index (χ2v) is 5.76. The van der Waals surface area contributed by atoms with Crippen molar-refractivity contribution in [2.24, 2.45) is 0 Å². The van der Waals surface area contributed by atoms with Gasteiger partial charge in [0.05, 0.1) is 19.8 Å². The molecule has 0 aliphatic rings. The standard InChI is InChI=1S/C18H24N4O3/c1-13-12-20-16(21-17(13)22(2)3)14-4-6-15(7-5-14)18(24)19-8-10-25-11-9-23/h4-7,12,23H,8-11H2,1-3H3,(H,19,24). The summed E-state index contributed by atoms with van der Waals surface area (Å²) < 4.78 is 5.10. The van der Waals surface area contributed by atoms with Crippen molar-refractivity contribution < 1.29 is 14.6 Å². The van der Waals surface area contributed by atoms with Crippen molar-refractivity contribution in [2.75, 3.05) is 45.4 Å². The minimum Gasteiger partial charge on any atom is -0.394 e. The average Bonchev–Trinajstić information content (AvgIpc) is 2.61. The van der Waals surface area contributed by atoms with E-state index < -0.39 is 0 Å². The van der Waals surface area contributed by atoms with E-state index in [1.54, 1.807) is 18.3 Å². The smallest absolute Gasteiger partial charge is 0.251 e. The van der Waals surface area contributed by atoms with E-state index in [4.69, 9.17) is 9.84 Å². The van der Waals surface area contributed by atoms with E-state index in [0.717, 1.165) is 16.9 Å². The minimum absolute atomic E-state index is 0.0218. The molecule has 0 bridgehead atoms. The van der Waals surface area contributed by atoms with Crippen LogP contribution in [0.1, 0.15) is 15.9 Å². The van der Waals surface area contributed by atoms with Crippen molar-refractivity contribution in [1.82, 2.24) is 15.3 Å². The van der Waals surface area contributed by atoms with Gasteiger partial charge >= 0.3 is 0 Å². The molecule has 134 valence electrons. The predicted molar refractivity (Wildman–Crippen MR) is 96.8 cm³/mol. The van der Waals surface area contributed by atoms with Gasteiger partial charge in [0.2, 0.25) is 0 Å². The van der Waals surface area contributed by atoms with E-state index in [0.29, 0.717) is 24.5 Å². The van der Waals surface area contributed by atoms with Crippen LogP contribution in [0.4, 0.5) is 5.82 Å². The highest BCUT2D eigenvalue weighted by Crippen LogP contribution is 2.20. The molecule has 0 unspecified atom stereocenters. The van der Waals surface area contributed by atoms with Crippen LogP contribution in [0.15, 0.2) is 30.5 Å². The number of hydrogen-bond donors (Lipinski definition) is 2. The van der Waals surface area contributed by atoms with Gasteiger partial charge in [0.1, 0.15) is 5.82 Å². The number of aliphatic hydroxyl groups is 1. The fourth-order valence-electron chi connectivity index (χ4n) is 2.30. The lowest BCUT2D eigenvalue weighted by Gasteiger charge is -2.14. The summed E-state index contributed by atoms with van der Waals surface area (Å²) in [6.45, 7) is 2.99. The summed E-state index contributed by atoms with van der Waals surface area (Å²) in [4.78, 5) is 22.9. The molecule has 1 amide bonds. The number of hydrogen-bond acceptors (Lipinski definition) is 6. The molecule has 2 N–H and O–H groups in total. The molecule has 0 saturated heterocycles. The summed E-state index contributed by atoms with van der Waals surface area (Å²) in [7, 11) is 3.88. The van der Waals surface area contributed by atoms with E-state index in [-0.39, 0.29) is 19.1 Å². The van der Waals surface area contributed by atoms with Crippen molar-refractivity contribution in [3.05, 3.63) is 41.6 Å². The van der Waals surface area contributed by atoms with Gasteiger partial charge in [-0.05, 0) is 19.1 Å². The Kier molecular flexibility index (Phi) is 6.85. The number of aryl methyl sites for hydroxylation is 1. The van der Waals surface area contributed by atoms with Crippen molar-refractivity contribution in [1.29, 1.82) is 0 Å². The number of ether oxygens (including phenoxy) is 1. The molecule has 1 aromatic carbocycles. The lowest BCUT2D eigenvalue weighted by molar-refractivity contribution is 0.0838. The van der Waals surface area contributed by atoms with Crippen LogP contribution in [0.2, 0.25) is 0 Å². The average molecular weight is 344 g/mol. The van der Waals surface area contributed by atoms with Crippen molar-refractivity contribution in [3.63, 3.8) is 0 Å². The molecule has 1 aromatic heterocycles. The second-order valence-electron chi connectivity index (χ2n) is 5.76. The molecular formula is C18H24N4O3. The van der Waals surface area contributed by atoms with E-state index in [2.05, 4.69) is 15.3 Å².